The fourth-order valence-electron chi connectivity index (χ4n) is 1.93. The summed E-state index contributed by atoms with van der Waals surface area (Å²) in [5.41, 5.74) is 1.88. The summed E-state index contributed by atoms with van der Waals surface area (Å²) in [7, 11) is 1.45. The zero-order valence-corrected chi connectivity index (χ0v) is 13.0. The van der Waals surface area contributed by atoms with Crippen molar-refractivity contribution in [2.24, 2.45) is 0 Å². The zero-order valence-electron chi connectivity index (χ0n) is 11.4. The maximum Gasteiger partial charge on any atom is 0.165 e. The van der Waals surface area contributed by atoms with Gasteiger partial charge in [0.25, 0.3) is 0 Å². The summed E-state index contributed by atoms with van der Waals surface area (Å²) in [6.07, 6.45) is 0. The highest BCUT2D eigenvalue weighted by atomic mass is 79.9. The second kappa shape index (κ2) is 6.75. The topological polar surface area (TPSA) is 18.5 Å². The zero-order chi connectivity index (χ0) is 14.5. The molecule has 2 rings (SSSR count). The summed E-state index contributed by atoms with van der Waals surface area (Å²) in [6, 6.07) is 12.7. The molecule has 0 bridgehead atoms. The number of benzene rings is 2. The average molecular weight is 339 g/mol. The standard InChI is InChI=1S/C16H16BrFO2/c1-3-20-13-7-4-11(5-8-13)16(17)12-6-9-15(19-2)14(18)10-12/h4-10,16H,3H2,1-2H3. The molecule has 0 fully saturated rings. The second-order valence-corrected chi connectivity index (χ2v) is 5.17. The predicted octanol–water partition coefficient (Wildman–Crippen LogP) is 4.72. The molecule has 0 heterocycles. The van der Waals surface area contributed by atoms with Gasteiger partial charge >= 0.3 is 0 Å². The van der Waals surface area contributed by atoms with Gasteiger partial charge in [0.2, 0.25) is 0 Å². The smallest absolute Gasteiger partial charge is 0.165 e. The molecule has 0 aliphatic carbocycles. The van der Waals surface area contributed by atoms with Gasteiger partial charge in [-0.15, -0.1) is 0 Å². The summed E-state index contributed by atoms with van der Waals surface area (Å²) in [5.74, 6) is 0.720. The van der Waals surface area contributed by atoms with Crippen LogP contribution in [0.3, 0.4) is 0 Å². The van der Waals surface area contributed by atoms with Crippen LogP contribution >= 0.6 is 15.9 Å². The molecule has 2 aromatic rings. The average Bonchev–Trinajstić information content (AvgIpc) is 2.47. The van der Waals surface area contributed by atoms with Crippen molar-refractivity contribution in [2.75, 3.05) is 13.7 Å². The fourth-order valence-corrected chi connectivity index (χ4v) is 2.52. The Labute approximate surface area is 126 Å². The number of rotatable bonds is 5. The van der Waals surface area contributed by atoms with Gasteiger partial charge in [-0.1, -0.05) is 34.1 Å². The second-order valence-electron chi connectivity index (χ2n) is 4.26. The third-order valence-electron chi connectivity index (χ3n) is 2.95. The molecule has 0 spiro atoms. The lowest BCUT2D eigenvalue weighted by Gasteiger charge is -2.13. The van der Waals surface area contributed by atoms with Crippen molar-refractivity contribution in [1.29, 1.82) is 0 Å². The van der Waals surface area contributed by atoms with Crippen LogP contribution in [0.5, 0.6) is 11.5 Å². The van der Waals surface area contributed by atoms with E-state index < -0.39 is 0 Å². The molecule has 20 heavy (non-hydrogen) atoms. The molecule has 106 valence electrons. The van der Waals surface area contributed by atoms with Crippen LogP contribution in [-0.4, -0.2) is 13.7 Å². The van der Waals surface area contributed by atoms with Crippen molar-refractivity contribution in [3.8, 4) is 11.5 Å². The van der Waals surface area contributed by atoms with Crippen LogP contribution in [-0.2, 0) is 0 Å². The largest absolute Gasteiger partial charge is 0.494 e. The van der Waals surface area contributed by atoms with Crippen molar-refractivity contribution in [1.82, 2.24) is 0 Å². The molecule has 1 unspecified atom stereocenters. The first-order valence-corrected chi connectivity index (χ1v) is 7.27. The third-order valence-corrected chi connectivity index (χ3v) is 4.01. The van der Waals surface area contributed by atoms with E-state index in [0.717, 1.165) is 16.9 Å². The van der Waals surface area contributed by atoms with Crippen LogP contribution in [0.1, 0.15) is 22.9 Å². The lowest BCUT2D eigenvalue weighted by Crippen LogP contribution is -1.96. The van der Waals surface area contributed by atoms with E-state index in [1.54, 1.807) is 6.07 Å². The first kappa shape index (κ1) is 14.9. The molecule has 0 saturated carbocycles. The highest BCUT2D eigenvalue weighted by Gasteiger charge is 2.13. The number of hydrogen-bond acceptors (Lipinski definition) is 2. The van der Waals surface area contributed by atoms with Crippen LogP contribution in [0.4, 0.5) is 4.39 Å². The van der Waals surface area contributed by atoms with Gasteiger partial charge in [0.1, 0.15) is 5.75 Å². The number of alkyl halides is 1. The summed E-state index contributed by atoms with van der Waals surface area (Å²) in [4.78, 5) is -0.0708. The SMILES string of the molecule is CCOc1ccc(C(Br)c2ccc(OC)c(F)c2)cc1. The van der Waals surface area contributed by atoms with Crippen molar-refractivity contribution >= 4 is 15.9 Å². The van der Waals surface area contributed by atoms with Crippen LogP contribution < -0.4 is 9.47 Å². The summed E-state index contributed by atoms with van der Waals surface area (Å²) in [6.45, 7) is 2.59. The molecule has 0 aliphatic heterocycles. The number of ether oxygens (including phenoxy) is 2. The molecule has 0 aromatic heterocycles. The Morgan fingerprint density at radius 3 is 2.30 bits per heavy atom. The third kappa shape index (κ3) is 3.31. The van der Waals surface area contributed by atoms with Crippen molar-refractivity contribution in [3.05, 3.63) is 59.4 Å². The molecule has 0 aliphatic rings. The van der Waals surface area contributed by atoms with E-state index >= 15 is 0 Å². The molecule has 0 saturated heterocycles. The molecule has 1 atom stereocenters. The van der Waals surface area contributed by atoms with Crippen molar-refractivity contribution in [2.45, 2.75) is 11.8 Å². The van der Waals surface area contributed by atoms with Gasteiger partial charge in [0.05, 0.1) is 18.5 Å². The Balaban J connectivity index is 2.21. The summed E-state index contributed by atoms with van der Waals surface area (Å²) >= 11 is 3.59. The van der Waals surface area contributed by atoms with E-state index in [2.05, 4.69) is 15.9 Å². The van der Waals surface area contributed by atoms with Gasteiger partial charge < -0.3 is 9.47 Å². The van der Waals surface area contributed by atoms with Gasteiger partial charge in [-0.05, 0) is 42.3 Å². The fraction of sp³-hybridized carbons (Fsp3) is 0.250. The minimum atomic E-state index is -0.361. The van der Waals surface area contributed by atoms with Crippen LogP contribution in [0.2, 0.25) is 0 Å². The molecule has 2 aromatic carbocycles. The van der Waals surface area contributed by atoms with E-state index in [9.17, 15) is 4.39 Å². The minimum absolute atomic E-state index is 0.0708. The number of hydrogen-bond donors (Lipinski definition) is 0. The van der Waals surface area contributed by atoms with Gasteiger partial charge in [0, 0.05) is 0 Å². The Morgan fingerprint density at radius 2 is 1.75 bits per heavy atom. The molecule has 2 nitrogen and oxygen atoms in total. The van der Waals surface area contributed by atoms with Gasteiger partial charge in [0.15, 0.2) is 11.6 Å². The minimum Gasteiger partial charge on any atom is -0.494 e. The highest BCUT2D eigenvalue weighted by molar-refractivity contribution is 9.09. The van der Waals surface area contributed by atoms with E-state index in [1.807, 2.05) is 37.3 Å². The van der Waals surface area contributed by atoms with Gasteiger partial charge in [-0.25, -0.2) is 4.39 Å². The summed E-state index contributed by atoms with van der Waals surface area (Å²) < 4.78 is 24.1. The number of halogens is 2. The maximum absolute atomic E-state index is 13.7. The molecule has 0 radical (unpaired) electrons. The first-order chi connectivity index (χ1) is 9.65. The van der Waals surface area contributed by atoms with E-state index in [1.165, 1.54) is 13.2 Å². The normalized spacial score (nSPS) is 12.0. The van der Waals surface area contributed by atoms with Crippen LogP contribution in [0, 0.1) is 5.82 Å². The maximum atomic E-state index is 13.7. The van der Waals surface area contributed by atoms with Crippen LogP contribution in [0.25, 0.3) is 0 Å². The van der Waals surface area contributed by atoms with Gasteiger partial charge in [-0.2, -0.15) is 0 Å². The van der Waals surface area contributed by atoms with E-state index in [0.29, 0.717) is 6.61 Å². The van der Waals surface area contributed by atoms with E-state index in [4.69, 9.17) is 9.47 Å². The number of methoxy groups -OCH3 is 1. The lowest BCUT2D eigenvalue weighted by atomic mass is 10.0. The highest BCUT2D eigenvalue weighted by Crippen LogP contribution is 2.33. The quantitative estimate of drug-likeness (QED) is 0.734. The predicted molar refractivity (Wildman–Crippen MR) is 81.3 cm³/mol. The van der Waals surface area contributed by atoms with Crippen LogP contribution in [0.15, 0.2) is 42.5 Å². The monoisotopic (exact) mass is 338 g/mol. The van der Waals surface area contributed by atoms with Crippen molar-refractivity contribution in [3.63, 3.8) is 0 Å². The summed E-state index contributed by atoms with van der Waals surface area (Å²) in [5, 5.41) is 0. The lowest BCUT2D eigenvalue weighted by molar-refractivity contribution is 0.340. The molecule has 0 amide bonds. The molecule has 4 heteroatoms. The van der Waals surface area contributed by atoms with Gasteiger partial charge in [-0.3, -0.25) is 0 Å². The Morgan fingerprint density at radius 1 is 1.10 bits per heavy atom. The molecular formula is C16H16BrFO2. The Bertz CT molecular complexity index is 569. The van der Waals surface area contributed by atoms with E-state index in [-0.39, 0.29) is 16.4 Å². The Kier molecular flexibility index (Phi) is 5.01. The molecule has 0 N–H and O–H groups in total. The first-order valence-electron chi connectivity index (χ1n) is 6.36. The van der Waals surface area contributed by atoms with Crippen molar-refractivity contribution < 1.29 is 13.9 Å². The molecular weight excluding hydrogens is 323 g/mol. The Hall–Kier alpha value is -1.55.